The lowest BCUT2D eigenvalue weighted by Gasteiger charge is -2.22. The van der Waals surface area contributed by atoms with Crippen LogP contribution in [0.1, 0.15) is 24.0 Å². The number of carbonyl (C=O) groups is 2. The van der Waals surface area contributed by atoms with Gasteiger partial charge in [-0.15, -0.1) is 5.10 Å². The number of carbonyl (C=O) groups excluding carboxylic acids is 2. The summed E-state index contributed by atoms with van der Waals surface area (Å²) in [5.74, 6) is -5.41. The number of aromatic hydroxyl groups is 1. The first-order valence-corrected chi connectivity index (χ1v) is 10.8. The van der Waals surface area contributed by atoms with Crippen LogP contribution in [-0.4, -0.2) is 44.7 Å². The van der Waals surface area contributed by atoms with Gasteiger partial charge in [-0.2, -0.15) is 0 Å². The van der Waals surface area contributed by atoms with Crippen LogP contribution in [0, 0.1) is 17.5 Å². The molecular formula is C22H18BrF3N4O3. The van der Waals surface area contributed by atoms with Gasteiger partial charge in [0.1, 0.15) is 11.4 Å². The van der Waals surface area contributed by atoms with E-state index < -0.39 is 29.3 Å². The summed E-state index contributed by atoms with van der Waals surface area (Å²) in [7, 11) is 0. The number of phenols is 1. The maximum absolute atomic E-state index is 14.0. The molecule has 0 fully saturated rings. The molecule has 1 aromatic heterocycles. The van der Waals surface area contributed by atoms with Gasteiger partial charge < -0.3 is 15.3 Å². The average molecular weight is 523 g/mol. The molecule has 4 rings (SSSR count). The number of aromatic nitrogens is 2. The molecule has 0 saturated heterocycles. The van der Waals surface area contributed by atoms with E-state index in [1.807, 2.05) is 6.92 Å². The van der Waals surface area contributed by atoms with Gasteiger partial charge in [-0.1, -0.05) is 6.92 Å². The summed E-state index contributed by atoms with van der Waals surface area (Å²) in [6, 6.07) is 5.79. The van der Waals surface area contributed by atoms with Crippen LogP contribution in [0.5, 0.6) is 5.75 Å². The highest BCUT2D eigenvalue weighted by Gasteiger charge is 2.28. The lowest BCUT2D eigenvalue weighted by Crippen LogP contribution is -2.41. The molecule has 2 N–H and O–H groups in total. The van der Waals surface area contributed by atoms with E-state index in [1.54, 1.807) is 12.1 Å². The zero-order chi connectivity index (χ0) is 23.9. The number of benzene rings is 2. The topological polar surface area (TPSA) is 87.5 Å². The Kier molecular flexibility index (Phi) is 6.15. The third-order valence-electron chi connectivity index (χ3n) is 5.43. The highest BCUT2D eigenvalue weighted by atomic mass is 79.9. The number of halogens is 4. The van der Waals surface area contributed by atoms with Gasteiger partial charge in [0.05, 0.1) is 4.47 Å². The number of phenolic OH excluding ortho intramolecular Hbond substituents is 1. The van der Waals surface area contributed by atoms with E-state index in [0.717, 1.165) is 15.8 Å². The molecule has 0 radical (unpaired) electrons. The minimum Gasteiger partial charge on any atom is -0.507 e. The van der Waals surface area contributed by atoms with Crippen molar-refractivity contribution in [3.63, 3.8) is 0 Å². The van der Waals surface area contributed by atoms with Gasteiger partial charge in [-0.3, -0.25) is 9.59 Å². The van der Waals surface area contributed by atoms with Crippen LogP contribution in [0.25, 0.3) is 5.69 Å². The second-order valence-electron chi connectivity index (χ2n) is 7.72. The second kappa shape index (κ2) is 8.89. The fourth-order valence-electron chi connectivity index (χ4n) is 3.78. The van der Waals surface area contributed by atoms with E-state index >= 15 is 0 Å². The molecule has 3 aromatic rings. The minimum absolute atomic E-state index is 0.0579. The molecule has 0 bridgehead atoms. The predicted octanol–water partition coefficient (Wildman–Crippen LogP) is 3.88. The zero-order valence-corrected chi connectivity index (χ0v) is 18.9. The standard InChI is InChI=1S/C22H18BrF3N4O3/c1-11-10-29(4-2-12-6-14(23)19(31)7-13(11)12)22(33)21(32)27-20-3-5-30(28-20)18-9-16(25)15(24)8-17(18)26/h3,5-9,11,31H,2,4,10H2,1H3,(H,27,28,32). The third-order valence-corrected chi connectivity index (χ3v) is 6.07. The number of nitrogens with one attached hydrogen (secondary N) is 1. The number of rotatable bonds is 2. The van der Waals surface area contributed by atoms with Crippen LogP contribution in [0.2, 0.25) is 0 Å². The summed E-state index contributed by atoms with van der Waals surface area (Å²) < 4.78 is 42.0. The van der Waals surface area contributed by atoms with Crippen LogP contribution >= 0.6 is 15.9 Å². The Morgan fingerprint density at radius 2 is 1.88 bits per heavy atom. The predicted molar refractivity (Wildman–Crippen MR) is 117 cm³/mol. The number of nitrogens with zero attached hydrogens (tertiary/aromatic N) is 3. The molecule has 7 nitrogen and oxygen atoms in total. The minimum atomic E-state index is -1.33. The van der Waals surface area contributed by atoms with E-state index in [0.29, 0.717) is 29.6 Å². The van der Waals surface area contributed by atoms with E-state index in [1.165, 1.54) is 17.2 Å². The Balaban J connectivity index is 1.47. The summed E-state index contributed by atoms with van der Waals surface area (Å²) in [6.07, 6.45) is 1.74. The van der Waals surface area contributed by atoms with Crippen LogP contribution < -0.4 is 5.32 Å². The first-order chi connectivity index (χ1) is 15.6. The molecule has 2 aromatic carbocycles. The Morgan fingerprint density at radius 3 is 2.64 bits per heavy atom. The van der Waals surface area contributed by atoms with Crippen molar-refractivity contribution in [1.82, 2.24) is 14.7 Å². The summed E-state index contributed by atoms with van der Waals surface area (Å²) in [6.45, 7) is 2.47. The van der Waals surface area contributed by atoms with Gasteiger partial charge >= 0.3 is 11.8 Å². The van der Waals surface area contributed by atoms with Crippen molar-refractivity contribution in [1.29, 1.82) is 0 Å². The number of hydrogen-bond acceptors (Lipinski definition) is 4. The van der Waals surface area contributed by atoms with Crippen molar-refractivity contribution in [2.45, 2.75) is 19.3 Å². The van der Waals surface area contributed by atoms with Gasteiger partial charge in [0.2, 0.25) is 0 Å². The Bertz CT molecular complexity index is 1260. The van der Waals surface area contributed by atoms with Crippen molar-refractivity contribution < 1.29 is 27.9 Å². The van der Waals surface area contributed by atoms with E-state index in [-0.39, 0.29) is 29.7 Å². The summed E-state index contributed by atoms with van der Waals surface area (Å²) in [4.78, 5) is 26.7. The molecule has 2 heterocycles. The molecule has 11 heteroatoms. The van der Waals surface area contributed by atoms with Gasteiger partial charge in [-0.25, -0.2) is 17.9 Å². The smallest absolute Gasteiger partial charge is 0.315 e. The molecule has 1 aliphatic rings. The molecule has 1 unspecified atom stereocenters. The molecule has 1 aliphatic heterocycles. The lowest BCUT2D eigenvalue weighted by atomic mass is 9.95. The van der Waals surface area contributed by atoms with Crippen molar-refractivity contribution in [2.24, 2.45) is 0 Å². The average Bonchev–Trinajstić information content (AvgIpc) is 3.16. The fourth-order valence-corrected chi connectivity index (χ4v) is 4.17. The quantitative estimate of drug-likeness (QED) is 0.395. The van der Waals surface area contributed by atoms with Crippen LogP contribution in [0.15, 0.2) is 41.0 Å². The Labute approximate surface area is 194 Å². The van der Waals surface area contributed by atoms with Crippen molar-refractivity contribution in [2.75, 3.05) is 18.4 Å². The number of fused-ring (bicyclic) bond motifs is 1. The SMILES string of the molecule is CC1CN(C(=O)C(=O)Nc2ccn(-c3cc(F)c(F)cc3F)n2)CCc2cc(Br)c(O)cc21. The molecule has 0 spiro atoms. The molecule has 172 valence electrons. The number of hydrogen-bond donors (Lipinski definition) is 2. The summed E-state index contributed by atoms with van der Waals surface area (Å²) >= 11 is 3.29. The fraction of sp³-hybridized carbons (Fsp3) is 0.227. The normalized spacial score (nSPS) is 15.7. The number of amides is 2. The van der Waals surface area contributed by atoms with Crippen LogP contribution in [-0.2, 0) is 16.0 Å². The van der Waals surface area contributed by atoms with Crippen molar-refractivity contribution in [3.05, 3.63) is 69.6 Å². The monoisotopic (exact) mass is 522 g/mol. The van der Waals surface area contributed by atoms with E-state index in [9.17, 15) is 27.9 Å². The highest BCUT2D eigenvalue weighted by Crippen LogP contribution is 2.33. The first kappa shape index (κ1) is 22.8. The molecule has 2 amide bonds. The molecule has 0 aliphatic carbocycles. The zero-order valence-electron chi connectivity index (χ0n) is 17.3. The maximum Gasteiger partial charge on any atom is 0.315 e. The molecule has 33 heavy (non-hydrogen) atoms. The van der Waals surface area contributed by atoms with Crippen molar-refractivity contribution in [3.8, 4) is 11.4 Å². The maximum atomic E-state index is 14.0. The third kappa shape index (κ3) is 4.58. The Hall–Kier alpha value is -3.34. The molecular weight excluding hydrogens is 505 g/mol. The Morgan fingerprint density at radius 1 is 1.15 bits per heavy atom. The molecule has 0 saturated carbocycles. The van der Waals surface area contributed by atoms with Gasteiger partial charge in [0.25, 0.3) is 0 Å². The van der Waals surface area contributed by atoms with E-state index in [4.69, 9.17) is 0 Å². The lowest BCUT2D eigenvalue weighted by molar-refractivity contribution is -0.143. The largest absolute Gasteiger partial charge is 0.507 e. The van der Waals surface area contributed by atoms with Gasteiger partial charge in [0.15, 0.2) is 23.3 Å². The second-order valence-corrected chi connectivity index (χ2v) is 8.58. The molecule has 1 atom stereocenters. The van der Waals surface area contributed by atoms with Gasteiger partial charge in [0, 0.05) is 37.5 Å². The summed E-state index contributed by atoms with van der Waals surface area (Å²) in [5, 5.41) is 16.2. The van der Waals surface area contributed by atoms with Gasteiger partial charge in [-0.05, 0) is 51.5 Å². The van der Waals surface area contributed by atoms with E-state index in [2.05, 4.69) is 26.3 Å². The van der Waals surface area contributed by atoms with Crippen molar-refractivity contribution >= 4 is 33.6 Å². The summed E-state index contributed by atoms with van der Waals surface area (Å²) in [5.41, 5.74) is 1.52. The van der Waals surface area contributed by atoms with Crippen LogP contribution in [0.3, 0.4) is 0 Å². The highest BCUT2D eigenvalue weighted by molar-refractivity contribution is 9.10. The number of anilines is 1. The first-order valence-electron chi connectivity index (χ1n) is 9.96. The van der Waals surface area contributed by atoms with Crippen LogP contribution in [0.4, 0.5) is 19.0 Å².